The molecule has 1 amide bonds. The highest BCUT2D eigenvalue weighted by atomic mass is 16.8. The van der Waals surface area contributed by atoms with Crippen LogP contribution in [0, 0.1) is 0 Å². The van der Waals surface area contributed by atoms with Crippen LogP contribution >= 0.6 is 0 Å². The molecule has 0 saturated carbocycles. The van der Waals surface area contributed by atoms with Crippen LogP contribution < -0.4 is 5.32 Å². The number of likely N-dealkylation sites (N-methyl/N-ethyl adjacent to an activating group) is 1. The second-order valence-electron chi connectivity index (χ2n) is 9.56. The fraction of sp³-hybridized carbons (Fsp3) is 0.536. The Labute approximate surface area is 208 Å². The Morgan fingerprint density at radius 1 is 0.914 bits per heavy atom. The highest BCUT2D eigenvalue weighted by Crippen LogP contribution is 2.36. The summed E-state index contributed by atoms with van der Waals surface area (Å²) in [5, 5.41) is 3.46. The molecule has 0 unspecified atom stereocenters. The summed E-state index contributed by atoms with van der Waals surface area (Å²) in [7, 11) is 0. The molecule has 2 aromatic carbocycles. The van der Waals surface area contributed by atoms with Crippen molar-refractivity contribution in [2.45, 2.75) is 77.2 Å². The number of fused-ring (bicyclic) bond motifs is 1. The SMILES string of the molecule is CCN(CC)C(=O)[C@@H]1NC[C@@H](OCc2ccccc2)[C@H]2OC(C)(C)O[C@H]2[C@H]1OCc1ccccc1. The van der Waals surface area contributed by atoms with E-state index in [-0.39, 0.29) is 18.1 Å². The molecule has 0 aromatic heterocycles. The lowest BCUT2D eigenvalue weighted by molar-refractivity contribution is -0.174. The van der Waals surface area contributed by atoms with Gasteiger partial charge in [-0.25, -0.2) is 0 Å². The minimum absolute atomic E-state index is 0.00354. The standard InChI is InChI=1S/C28H38N2O5/c1-5-30(6-2)27(31)23-25(33-19-21-15-11-8-12-16-21)26-24(34-28(3,4)35-26)22(17-29-23)32-18-20-13-9-7-10-14-20/h7-16,22-26,29H,5-6,17-19H2,1-4H3/t22-,23-,24-,25+,26-/m1/s1. The molecular formula is C28H38N2O5. The van der Waals surface area contributed by atoms with Crippen LogP contribution in [0.5, 0.6) is 0 Å². The molecule has 2 aromatic rings. The first-order valence-electron chi connectivity index (χ1n) is 12.6. The number of hydrogen-bond acceptors (Lipinski definition) is 6. The van der Waals surface area contributed by atoms with Gasteiger partial charge >= 0.3 is 0 Å². The Bertz CT molecular complexity index is 935. The Balaban J connectivity index is 1.61. The third kappa shape index (κ3) is 6.29. The predicted octanol–water partition coefficient (Wildman–Crippen LogP) is 3.52. The summed E-state index contributed by atoms with van der Waals surface area (Å²) >= 11 is 0. The van der Waals surface area contributed by atoms with Gasteiger partial charge in [0.05, 0.1) is 19.3 Å². The number of carbonyl (C=O) groups is 1. The fourth-order valence-corrected chi connectivity index (χ4v) is 4.87. The third-order valence-electron chi connectivity index (χ3n) is 6.65. The summed E-state index contributed by atoms with van der Waals surface area (Å²) in [6.07, 6.45) is -1.69. The van der Waals surface area contributed by atoms with Crippen LogP contribution in [-0.4, -0.2) is 66.7 Å². The first-order valence-corrected chi connectivity index (χ1v) is 12.6. The average Bonchev–Trinajstić information content (AvgIpc) is 3.12. The average molecular weight is 483 g/mol. The van der Waals surface area contributed by atoms with Crippen molar-refractivity contribution >= 4 is 5.91 Å². The molecule has 190 valence electrons. The number of hydrogen-bond donors (Lipinski definition) is 1. The molecule has 2 aliphatic rings. The third-order valence-corrected chi connectivity index (χ3v) is 6.65. The number of ether oxygens (including phenoxy) is 4. The maximum absolute atomic E-state index is 13.6. The molecule has 4 rings (SSSR count). The van der Waals surface area contributed by atoms with Gasteiger partial charge in [0.1, 0.15) is 24.4 Å². The predicted molar refractivity (Wildman–Crippen MR) is 134 cm³/mol. The van der Waals surface area contributed by atoms with E-state index in [0.29, 0.717) is 32.8 Å². The molecule has 2 aliphatic heterocycles. The highest BCUT2D eigenvalue weighted by molar-refractivity contribution is 5.82. The molecular weight excluding hydrogens is 444 g/mol. The maximum atomic E-state index is 13.6. The van der Waals surface area contributed by atoms with E-state index in [0.717, 1.165) is 11.1 Å². The molecule has 0 bridgehead atoms. The minimum Gasteiger partial charge on any atom is -0.369 e. The number of nitrogens with one attached hydrogen (secondary N) is 1. The lowest BCUT2D eigenvalue weighted by Gasteiger charge is -2.33. The van der Waals surface area contributed by atoms with E-state index < -0.39 is 24.0 Å². The van der Waals surface area contributed by atoms with Crippen LogP contribution in [0.2, 0.25) is 0 Å². The van der Waals surface area contributed by atoms with Crippen molar-refractivity contribution in [2.75, 3.05) is 19.6 Å². The van der Waals surface area contributed by atoms with Crippen molar-refractivity contribution in [3.8, 4) is 0 Å². The lowest BCUT2D eigenvalue weighted by Crippen LogP contribution is -2.56. The van der Waals surface area contributed by atoms with Gasteiger partial charge in [-0.05, 0) is 38.8 Å². The molecule has 7 nitrogen and oxygen atoms in total. The van der Waals surface area contributed by atoms with Crippen LogP contribution in [0.4, 0.5) is 0 Å². The van der Waals surface area contributed by atoms with E-state index in [2.05, 4.69) is 5.32 Å². The van der Waals surface area contributed by atoms with Gasteiger partial charge < -0.3 is 29.2 Å². The van der Waals surface area contributed by atoms with E-state index in [1.807, 2.05) is 93.3 Å². The van der Waals surface area contributed by atoms with E-state index >= 15 is 0 Å². The monoisotopic (exact) mass is 482 g/mol. The van der Waals surface area contributed by atoms with Gasteiger partial charge in [-0.2, -0.15) is 0 Å². The Kier molecular flexibility index (Phi) is 8.57. The van der Waals surface area contributed by atoms with Gasteiger partial charge in [0.25, 0.3) is 0 Å². The number of rotatable bonds is 9. The normalized spacial score (nSPS) is 27.7. The Morgan fingerprint density at radius 3 is 2.03 bits per heavy atom. The van der Waals surface area contributed by atoms with Crippen molar-refractivity contribution in [3.63, 3.8) is 0 Å². The van der Waals surface area contributed by atoms with E-state index in [1.165, 1.54) is 0 Å². The highest BCUT2D eigenvalue weighted by Gasteiger charge is 2.54. The van der Waals surface area contributed by atoms with Crippen molar-refractivity contribution < 1.29 is 23.7 Å². The number of nitrogens with zero attached hydrogens (tertiary/aromatic N) is 1. The Hall–Kier alpha value is -2.29. The number of benzene rings is 2. The summed E-state index contributed by atoms with van der Waals surface area (Å²) in [5.41, 5.74) is 2.12. The van der Waals surface area contributed by atoms with Crippen LogP contribution in [0.1, 0.15) is 38.8 Å². The Morgan fingerprint density at radius 2 is 1.46 bits per heavy atom. The molecule has 2 heterocycles. The number of amides is 1. The second-order valence-corrected chi connectivity index (χ2v) is 9.56. The van der Waals surface area contributed by atoms with E-state index in [1.54, 1.807) is 0 Å². The summed E-state index contributed by atoms with van der Waals surface area (Å²) in [5.74, 6) is -0.804. The van der Waals surface area contributed by atoms with Crippen molar-refractivity contribution in [3.05, 3.63) is 71.8 Å². The molecule has 1 N–H and O–H groups in total. The molecule has 2 fully saturated rings. The van der Waals surface area contributed by atoms with Gasteiger partial charge in [-0.3, -0.25) is 4.79 Å². The van der Waals surface area contributed by atoms with E-state index in [4.69, 9.17) is 18.9 Å². The van der Waals surface area contributed by atoms with Crippen LogP contribution in [0.3, 0.4) is 0 Å². The zero-order chi connectivity index (χ0) is 24.8. The van der Waals surface area contributed by atoms with Gasteiger partial charge in [0, 0.05) is 19.6 Å². The maximum Gasteiger partial charge on any atom is 0.242 e. The topological polar surface area (TPSA) is 69.3 Å². The second kappa shape index (κ2) is 11.6. The van der Waals surface area contributed by atoms with Gasteiger partial charge in [0.2, 0.25) is 5.91 Å². The van der Waals surface area contributed by atoms with Crippen molar-refractivity contribution in [1.29, 1.82) is 0 Å². The summed E-state index contributed by atoms with van der Waals surface area (Å²) in [6, 6.07) is 19.5. The van der Waals surface area contributed by atoms with Gasteiger partial charge in [-0.1, -0.05) is 60.7 Å². The first-order chi connectivity index (χ1) is 16.9. The van der Waals surface area contributed by atoms with Gasteiger partial charge in [-0.15, -0.1) is 0 Å². The molecule has 2 saturated heterocycles. The quantitative estimate of drug-likeness (QED) is 0.590. The smallest absolute Gasteiger partial charge is 0.242 e. The van der Waals surface area contributed by atoms with Crippen LogP contribution in [-0.2, 0) is 37.0 Å². The summed E-state index contributed by atoms with van der Waals surface area (Å²) < 4.78 is 25.6. The zero-order valence-electron chi connectivity index (χ0n) is 21.2. The van der Waals surface area contributed by atoms with Crippen LogP contribution in [0.15, 0.2) is 60.7 Å². The van der Waals surface area contributed by atoms with Crippen molar-refractivity contribution in [1.82, 2.24) is 10.2 Å². The molecule has 0 radical (unpaired) electrons. The first kappa shape index (κ1) is 25.8. The van der Waals surface area contributed by atoms with Crippen LogP contribution in [0.25, 0.3) is 0 Å². The molecule has 7 heteroatoms. The summed E-state index contributed by atoms with van der Waals surface area (Å²) in [6.45, 7) is 10.3. The summed E-state index contributed by atoms with van der Waals surface area (Å²) in [4.78, 5) is 15.4. The molecule has 0 aliphatic carbocycles. The van der Waals surface area contributed by atoms with Crippen molar-refractivity contribution in [2.24, 2.45) is 0 Å². The zero-order valence-corrected chi connectivity index (χ0v) is 21.2. The molecule has 5 atom stereocenters. The van der Waals surface area contributed by atoms with E-state index in [9.17, 15) is 4.79 Å². The lowest BCUT2D eigenvalue weighted by atomic mass is 9.99. The molecule has 35 heavy (non-hydrogen) atoms. The fourth-order valence-electron chi connectivity index (χ4n) is 4.87. The molecule has 0 spiro atoms. The largest absolute Gasteiger partial charge is 0.369 e. The van der Waals surface area contributed by atoms with Gasteiger partial charge in [0.15, 0.2) is 5.79 Å². The number of carbonyl (C=O) groups excluding carboxylic acids is 1. The minimum atomic E-state index is -0.807.